The number of nitrogens with two attached hydrogens (primary N) is 1. The van der Waals surface area contributed by atoms with Crippen molar-refractivity contribution in [3.05, 3.63) is 41.4 Å². The highest BCUT2D eigenvalue weighted by atomic mass is 14.9. The van der Waals surface area contributed by atoms with Crippen LogP contribution in [-0.2, 0) is 0 Å². The second kappa shape index (κ2) is 4.90. The summed E-state index contributed by atoms with van der Waals surface area (Å²) >= 11 is 0. The standard InChI is InChI=1S/C12H16N4/c1-14-12(9-3-2-5-15-7-9)10-4-6-16-8-11(10)13/h2-3,5,7,16H,4,6,8,13H2,1H3. The van der Waals surface area contributed by atoms with Crippen LogP contribution in [0.2, 0.25) is 0 Å². The number of nitrogens with one attached hydrogen (secondary N) is 1. The van der Waals surface area contributed by atoms with Gasteiger partial charge in [-0.2, -0.15) is 0 Å². The van der Waals surface area contributed by atoms with E-state index in [1.54, 1.807) is 13.2 Å². The molecular weight excluding hydrogens is 200 g/mol. The Morgan fingerprint density at radius 3 is 3.06 bits per heavy atom. The topological polar surface area (TPSA) is 63.3 Å². The zero-order chi connectivity index (χ0) is 11.4. The maximum absolute atomic E-state index is 6.01. The van der Waals surface area contributed by atoms with Crippen LogP contribution >= 0.6 is 0 Å². The molecule has 0 fully saturated rings. The lowest BCUT2D eigenvalue weighted by atomic mass is 9.97. The monoisotopic (exact) mass is 216 g/mol. The Morgan fingerprint density at radius 1 is 1.56 bits per heavy atom. The smallest absolute Gasteiger partial charge is 0.0708 e. The predicted octanol–water partition coefficient (Wildman–Crippen LogP) is 0.707. The molecule has 1 aromatic rings. The summed E-state index contributed by atoms with van der Waals surface area (Å²) in [6, 6.07) is 3.93. The van der Waals surface area contributed by atoms with Crippen LogP contribution in [0.4, 0.5) is 0 Å². The number of aliphatic imine (C=N–C) groups is 1. The van der Waals surface area contributed by atoms with Crippen molar-refractivity contribution in [3.63, 3.8) is 0 Å². The molecule has 0 saturated carbocycles. The Labute approximate surface area is 95.3 Å². The molecule has 0 aromatic carbocycles. The molecular formula is C12H16N4. The zero-order valence-electron chi connectivity index (χ0n) is 9.40. The first-order chi connectivity index (χ1) is 7.83. The van der Waals surface area contributed by atoms with Gasteiger partial charge in [0.05, 0.1) is 5.71 Å². The Kier molecular flexibility index (Phi) is 3.31. The van der Waals surface area contributed by atoms with E-state index in [1.165, 1.54) is 0 Å². The second-order valence-corrected chi connectivity index (χ2v) is 3.74. The van der Waals surface area contributed by atoms with Crippen LogP contribution in [0.15, 0.2) is 40.8 Å². The van der Waals surface area contributed by atoms with Crippen molar-refractivity contribution in [3.8, 4) is 0 Å². The van der Waals surface area contributed by atoms with E-state index in [4.69, 9.17) is 5.73 Å². The number of rotatable bonds is 2. The third-order valence-corrected chi connectivity index (χ3v) is 2.70. The Morgan fingerprint density at radius 2 is 2.44 bits per heavy atom. The molecule has 0 amide bonds. The van der Waals surface area contributed by atoms with Gasteiger partial charge in [-0.3, -0.25) is 9.98 Å². The molecule has 2 heterocycles. The van der Waals surface area contributed by atoms with Gasteiger partial charge in [0, 0.05) is 37.2 Å². The molecule has 0 aliphatic carbocycles. The van der Waals surface area contributed by atoms with Crippen LogP contribution in [0.1, 0.15) is 12.0 Å². The first-order valence-corrected chi connectivity index (χ1v) is 5.38. The molecule has 0 atom stereocenters. The Balaban J connectivity index is 2.38. The maximum atomic E-state index is 6.01. The summed E-state index contributed by atoms with van der Waals surface area (Å²) in [5.41, 5.74) is 10.0. The lowest BCUT2D eigenvalue weighted by Crippen LogP contribution is -2.31. The minimum Gasteiger partial charge on any atom is -0.401 e. The maximum Gasteiger partial charge on any atom is 0.0708 e. The first-order valence-electron chi connectivity index (χ1n) is 5.38. The van der Waals surface area contributed by atoms with Gasteiger partial charge in [-0.25, -0.2) is 0 Å². The van der Waals surface area contributed by atoms with Gasteiger partial charge < -0.3 is 11.1 Å². The quantitative estimate of drug-likeness (QED) is 0.715. The molecule has 1 aliphatic heterocycles. The molecule has 2 rings (SSSR count). The summed E-state index contributed by atoms with van der Waals surface area (Å²) in [6.07, 6.45) is 4.51. The van der Waals surface area contributed by atoms with Gasteiger partial charge >= 0.3 is 0 Å². The van der Waals surface area contributed by atoms with E-state index in [-0.39, 0.29) is 0 Å². The largest absolute Gasteiger partial charge is 0.401 e. The van der Waals surface area contributed by atoms with E-state index in [0.29, 0.717) is 0 Å². The highest BCUT2D eigenvalue weighted by Crippen LogP contribution is 2.16. The van der Waals surface area contributed by atoms with Gasteiger partial charge in [-0.05, 0) is 30.7 Å². The summed E-state index contributed by atoms with van der Waals surface area (Å²) in [7, 11) is 1.80. The van der Waals surface area contributed by atoms with Crippen molar-refractivity contribution in [2.75, 3.05) is 20.1 Å². The molecule has 0 saturated heterocycles. The number of hydrogen-bond acceptors (Lipinski definition) is 4. The van der Waals surface area contributed by atoms with E-state index in [0.717, 1.165) is 42.1 Å². The van der Waals surface area contributed by atoms with Crippen LogP contribution in [-0.4, -0.2) is 30.8 Å². The van der Waals surface area contributed by atoms with Gasteiger partial charge in [0.15, 0.2) is 0 Å². The van der Waals surface area contributed by atoms with Gasteiger partial charge in [-0.1, -0.05) is 0 Å². The van der Waals surface area contributed by atoms with Crippen LogP contribution < -0.4 is 11.1 Å². The first kappa shape index (κ1) is 10.8. The minimum atomic E-state index is 0.745. The third-order valence-electron chi connectivity index (χ3n) is 2.70. The van der Waals surface area contributed by atoms with E-state index in [2.05, 4.69) is 15.3 Å². The number of pyridine rings is 1. The van der Waals surface area contributed by atoms with Crippen LogP contribution in [0.25, 0.3) is 0 Å². The number of hydrogen-bond donors (Lipinski definition) is 2. The summed E-state index contributed by atoms with van der Waals surface area (Å²) in [6.45, 7) is 1.70. The fourth-order valence-electron chi connectivity index (χ4n) is 1.92. The molecule has 4 nitrogen and oxygen atoms in total. The lowest BCUT2D eigenvalue weighted by Gasteiger charge is -2.19. The van der Waals surface area contributed by atoms with Crippen molar-refractivity contribution >= 4 is 5.71 Å². The molecule has 0 spiro atoms. The van der Waals surface area contributed by atoms with E-state index in [9.17, 15) is 0 Å². The fraction of sp³-hybridized carbons (Fsp3) is 0.333. The molecule has 1 aromatic heterocycles. The third kappa shape index (κ3) is 2.12. The zero-order valence-corrected chi connectivity index (χ0v) is 9.40. The molecule has 84 valence electrons. The van der Waals surface area contributed by atoms with Gasteiger partial charge in [0.25, 0.3) is 0 Å². The fourth-order valence-corrected chi connectivity index (χ4v) is 1.92. The van der Waals surface area contributed by atoms with Gasteiger partial charge in [-0.15, -0.1) is 0 Å². The lowest BCUT2D eigenvalue weighted by molar-refractivity contribution is 0.685. The van der Waals surface area contributed by atoms with Gasteiger partial charge in [0.1, 0.15) is 0 Å². The average molecular weight is 216 g/mol. The van der Waals surface area contributed by atoms with Crippen LogP contribution in [0.5, 0.6) is 0 Å². The number of nitrogens with zero attached hydrogens (tertiary/aromatic N) is 2. The average Bonchev–Trinajstić information content (AvgIpc) is 2.34. The predicted molar refractivity (Wildman–Crippen MR) is 65.4 cm³/mol. The summed E-state index contributed by atoms with van der Waals surface area (Å²) in [5.74, 6) is 0. The molecule has 0 radical (unpaired) electrons. The Bertz CT molecular complexity index is 420. The van der Waals surface area contributed by atoms with E-state index in [1.807, 2.05) is 18.3 Å². The second-order valence-electron chi connectivity index (χ2n) is 3.74. The van der Waals surface area contributed by atoms with Crippen LogP contribution in [0.3, 0.4) is 0 Å². The number of aromatic nitrogens is 1. The van der Waals surface area contributed by atoms with E-state index >= 15 is 0 Å². The molecule has 3 N–H and O–H groups in total. The minimum absolute atomic E-state index is 0.745. The van der Waals surface area contributed by atoms with Crippen molar-refractivity contribution in [1.82, 2.24) is 10.3 Å². The molecule has 0 bridgehead atoms. The normalized spacial score (nSPS) is 17.7. The molecule has 4 heteroatoms. The molecule has 1 aliphatic rings. The summed E-state index contributed by atoms with van der Waals surface area (Å²) < 4.78 is 0. The van der Waals surface area contributed by atoms with Gasteiger partial charge in [0.2, 0.25) is 0 Å². The van der Waals surface area contributed by atoms with Crippen molar-refractivity contribution in [2.45, 2.75) is 6.42 Å². The van der Waals surface area contributed by atoms with Crippen molar-refractivity contribution in [1.29, 1.82) is 0 Å². The SMILES string of the molecule is CN=C(C1=C(N)CNCC1)c1cccnc1. The van der Waals surface area contributed by atoms with Crippen molar-refractivity contribution in [2.24, 2.45) is 10.7 Å². The summed E-state index contributed by atoms with van der Waals surface area (Å²) in [4.78, 5) is 8.46. The van der Waals surface area contributed by atoms with Crippen LogP contribution in [0, 0.1) is 0 Å². The Hall–Kier alpha value is -1.68. The molecule has 0 unspecified atom stereocenters. The van der Waals surface area contributed by atoms with E-state index < -0.39 is 0 Å². The summed E-state index contributed by atoms with van der Waals surface area (Å²) in [5, 5.41) is 3.24. The highest BCUT2D eigenvalue weighted by molar-refractivity contribution is 6.12. The highest BCUT2D eigenvalue weighted by Gasteiger charge is 2.16. The molecule has 16 heavy (non-hydrogen) atoms. The van der Waals surface area contributed by atoms with Crippen molar-refractivity contribution < 1.29 is 0 Å².